The molecule has 0 radical (unpaired) electrons. The third-order valence-corrected chi connectivity index (χ3v) is 2.66. The first-order valence-corrected chi connectivity index (χ1v) is 5.68. The molecule has 1 aromatic carbocycles. The Balaban J connectivity index is 2.27. The predicted octanol–water partition coefficient (Wildman–Crippen LogP) is 2.53. The zero-order chi connectivity index (χ0) is 13.1. The van der Waals surface area contributed by atoms with Gasteiger partial charge in [0.15, 0.2) is 0 Å². The van der Waals surface area contributed by atoms with E-state index in [4.69, 9.17) is 5.73 Å². The molecule has 4 nitrogen and oxygen atoms in total. The number of nitrogens with zero attached hydrogens (tertiary/aromatic N) is 1. The second-order valence-corrected chi connectivity index (χ2v) is 4.16. The number of carbonyl (C=O) groups excluding carboxylic acids is 1. The Bertz CT molecular complexity index is 573. The number of rotatable bonds is 2. The van der Waals surface area contributed by atoms with Gasteiger partial charge >= 0.3 is 0 Å². The summed E-state index contributed by atoms with van der Waals surface area (Å²) < 4.78 is 0. The number of amides is 1. The molecule has 0 saturated heterocycles. The highest BCUT2D eigenvalue weighted by Gasteiger charge is 2.10. The second kappa shape index (κ2) is 4.87. The molecule has 1 heterocycles. The van der Waals surface area contributed by atoms with Gasteiger partial charge in [-0.15, -0.1) is 0 Å². The van der Waals surface area contributed by atoms with Crippen molar-refractivity contribution in [1.29, 1.82) is 0 Å². The minimum absolute atomic E-state index is 0.250. The van der Waals surface area contributed by atoms with Crippen molar-refractivity contribution in [1.82, 2.24) is 4.98 Å². The highest BCUT2D eigenvalue weighted by molar-refractivity contribution is 6.05. The molecule has 0 spiro atoms. The van der Waals surface area contributed by atoms with Crippen molar-refractivity contribution < 1.29 is 4.79 Å². The minimum Gasteiger partial charge on any atom is -0.397 e. The van der Waals surface area contributed by atoms with Crippen molar-refractivity contribution in [2.45, 2.75) is 13.8 Å². The molecular weight excluding hydrogens is 226 g/mol. The van der Waals surface area contributed by atoms with E-state index >= 15 is 0 Å². The maximum atomic E-state index is 12.0. The topological polar surface area (TPSA) is 68.0 Å². The quantitative estimate of drug-likeness (QED) is 0.794. The third-order valence-electron chi connectivity index (χ3n) is 2.66. The first-order valence-electron chi connectivity index (χ1n) is 5.68. The van der Waals surface area contributed by atoms with E-state index in [0.717, 1.165) is 11.3 Å². The van der Waals surface area contributed by atoms with Gasteiger partial charge in [0.25, 0.3) is 5.91 Å². The summed E-state index contributed by atoms with van der Waals surface area (Å²) >= 11 is 0. The van der Waals surface area contributed by atoms with Crippen LogP contribution in [0.25, 0.3) is 0 Å². The van der Waals surface area contributed by atoms with Crippen LogP contribution in [-0.2, 0) is 0 Å². The van der Waals surface area contributed by atoms with Crippen molar-refractivity contribution in [3.63, 3.8) is 0 Å². The average Bonchev–Trinajstić information content (AvgIpc) is 2.34. The molecule has 0 saturated carbocycles. The number of aryl methyl sites for hydroxylation is 2. The maximum absolute atomic E-state index is 12.0. The maximum Gasteiger partial charge on any atom is 0.274 e. The fourth-order valence-electron chi connectivity index (χ4n) is 1.71. The molecule has 4 heteroatoms. The molecule has 0 bridgehead atoms. The Labute approximate surface area is 106 Å². The summed E-state index contributed by atoms with van der Waals surface area (Å²) in [4.78, 5) is 16.2. The Morgan fingerprint density at radius 3 is 2.56 bits per heavy atom. The third kappa shape index (κ3) is 2.48. The average molecular weight is 241 g/mol. The van der Waals surface area contributed by atoms with E-state index in [9.17, 15) is 4.79 Å². The van der Waals surface area contributed by atoms with Gasteiger partial charge in [0, 0.05) is 5.69 Å². The molecular formula is C14H15N3O. The number of hydrogen-bond donors (Lipinski definition) is 2. The lowest BCUT2D eigenvalue weighted by atomic mass is 10.1. The zero-order valence-corrected chi connectivity index (χ0v) is 10.4. The number of hydrogen-bond acceptors (Lipinski definition) is 3. The normalized spacial score (nSPS) is 10.1. The number of nitrogens with one attached hydrogen (secondary N) is 1. The van der Waals surface area contributed by atoms with Crippen LogP contribution in [0.2, 0.25) is 0 Å². The predicted molar refractivity (Wildman–Crippen MR) is 72.5 cm³/mol. The van der Waals surface area contributed by atoms with Gasteiger partial charge < -0.3 is 11.1 Å². The van der Waals surface area contributed by atoms with Crippen molar-refractivity contribution in [2.75, 3.05) is 11.1 Å². The van der Waals surface area contributed by atoms with Gasteiger partial charge in [0.1, 0.15) is 5.69 Å². The Morgan fingerprint density at radius 2 is 1.89 bits per heavy atom. The molecule has 2 rings (SSSR count). The van der Waals surface area contributed by atoms with Gasteiger partial charge in [0.2, 0.25) is 0 Å². The van der Waals surface area contributed by atoms with Gasteiger partial charge in [0.05, 0.1) is 11.4 Å². The van der Waals surface area contributed by atoms with E-state index < -0.39 is 0 Å². The summed E-state index contributed by atoms with van der Waals surface area (Å²) in [6, 6.07) is 10.8. The Kier molecular flexibility index (Phi) is 3.28. The summed E-state index contributed by atoms with van der Waals surface area (Å²) in [6.45, 7) is 3.74. The lowest BCUT2D eigenvalue weighted by Gasteiger charge is -2.10. The van der Waals surface area contributed by atoms with Crippen LogP contribution < -0.4 is 11.1 Å². The smallest absolute Gasteiger partial charge is 0.274 e. The van der Waals surface area contributed by atoms with E-state index in [-0.39, 0.29) is 5.91 Å². The Morgan fingerprint density at radius 1 is 1.17 bits per heavy atom. The molecule has 1 aromatic heterocycles. The highest BCUT2D eigenvalue weighted by Crippen LogP contribution is 2.22. The van der Waals surface area contributed by atoms with E-state index in [0.29, 0.717) is 17.1 Å². The summed E-state index contributed by atoms with van der Waals surface area (Å²) in [5.74, 6) is -0.250. The van der Waals surface area contributed by atoms with Crippen LogP contribution in [0, 0.1) is 13.8 Å². The molecule has 3 N–H and O–H groups in total. The van der Waals surface area contributed by atoms with E-state index in [1.165, 1.54) is 0 Å². The van der Waals surface area contributed by atoms with E-state index in [1.54, 1.807) is 18.2 Å². The largest absolute Gasteiger partial charge is 0.397 e. The molecule has 0 aliphatic rings. The summed E-state index contributed by atoms with van der Waals surface area (Å²) in [5.41, 5.74) is 9.16. The number of anilines is 2. The fourth-order valence-corrected chi connectivity index (χ4v) is 1.71. The number of nitrogen functional groups attached to an aromatic ring is 1. The second-order valence-electron chi connectivity index (χ2n) is 4.16. The SMILES string of the molecule is Cc1cccc(C(=O)Nc2c(C)cccc2N)n1. The van der Waals surface area contributed by atoms with Crippen LogP contribution in [0.3, 0.4) is 0 Å². The molecule has 0 aliphatic heterocycles. The summed E-state index contributed by atoms with van der Waals surface area (Å²) in [6.07, 6.45) is 0. The fraction of sp³-hybridized carbons (Fsp3) is 0.143. The molecule has 1 amide bonds. The van der Waals surface area contributed by atoms with Crippen LogP contribution in [0.15, 0.2) is 36.4 Å². The number of pyridine rings is 1. The van der Waals surface area contributed by atoms with Gasteiger partial charge in [-0.25, -0.2) is 4.98 Å². The monoisotopic (exact) mass is 241 g/mol. The Hall–Kier alpha value is -2.36. The van der Waals surface area contributed by atoms with Crippen LogP contribution in [0.5, 0.6) is 0 Å². The minimum atomic E-state index is -0.250. The van der Waals surface area contributed by atoms with Gasteiger partial charge in [-0.1, -0.05) is 18.2 Å². The number of nitrogens with two attached hydrogens (primary N) is 1. The van der Waals surface area contributed by atoms with Gasteiger partial charge in [-0.3, -0.25) is 4.79 Å². The van der Waals surface area contributed by atoms with Crippen molar-refractivity contribution in [2.24, 2.45) is 0 Å². The first kappa shape index (κ1) is 12.1. The molecule has 92 valence electrons. The first-order chi connectivity index (χ1) is 8.58. The highest BCUT2D eigenvalue weighted by atomic mass is 16.1. The van der Waals surface area contributed by atoms with E-state index in [1.807, 2.05) is 32.0 Å². The van der Waals surface area contributed by atoms with Crippen LogP contribution in [-0.4, -0.2) is 10.9 Å². The summed E-state index contributed by atoms with van der Waals surface area (Å²) in [7, 11) is 0. The molecule has 2 aromatic rings. The molecule has 0 fully saturated rings. The summed E-state index contributed by atoms with van der Waals surface area (Å²) in [5, 5.41) is 2.80. The molecule has 0 aliphatic carbocycles. The number of aromatic nitrogens is 1. The van der Waals surface area contributed by atoms with Crippen LogP contribution >= 0.6 is 0 Å². The van der Waals surface area contributed by atoms with Gasteiger partial charge in [-0.05, 0) is 37.6 Å². The number of benzene rings is 1. The van der Waals surface area contributed by atoms with E-state index in [2.05, 4.69) is 10.3 Å². The standard InChI is InChI=1S/C14H15N3O/c1-9-5-3-7-11(15)13(9)17-14(18)12-8-4-6-10(2)16-12/h3-8H,15H2,1-2H3,(H,17,18). The van der Waals surface area contributed by atoms with Crippen molar-refractivity contribution in [3.05, 3.63) is 53.3 Å². The van der Waals surface area contributed by atoms with Crippen LogP contribution in [0.1, 0.15) is 21.7 Å². The van der Waals surface area contributed by atoms with Crippen LogP contribution in [0.4, 0.5) is 11.4 Å². The van der Waals surface area contributed by atoms with Crippen molar-refractivity contribution in [3.8, 4) is 0 Å². The number of para-hydroxylation sites is 1. The van der Waals surface area contributed by atoms with Gasteiger partial charge in [-0.2, -0.15) is 0 Å². The molecule has 0 unspecified atom stereocenters. The van der Waals surface area contributed by atoms with Crippen molar-refractivity contribution >= 4 is 17.3 Å². The number of carbonyl (C=O) groups is 1. The lowest BCUT2D eigenvalue weighted by molar-refractivity contribution is 0.102. The zero-order valence-electron chi connectivity index (χ0n) is 10.4. The molecule has 18 heavy (non-hydrogen) atoms. The lowest BCUT2D eigenvalue weighted by Crippen LogP contribution is -2.15. The molecule has 0 atom stereocenters.